The standard InChI is InChI=1S/C30H33F3N6OS/c1-18-4-5-22(15-26(18)39-17-34-28(35-21-6-7-21)27-25(39)9-11-41-27)36-29(40)19-12-20(30(31,32)33)14-24(13-19)38-10-8-23(16-38)37(2)3/h4-5,9,11-15,21,23H,6-8,10,16-17H2,1-3H3,(H,34,35)(H,36,40)/t23-/m0/s1. The molecule has 2 aromatic carbocycles. The smallest absolute Gasteiger partial charge is 0.370 e. The van der Waals surface area contributed by atoms with E-state index in [0.29, 0.717) is 37.2 Å². The van der Waals surface area contributed by atoms with Crippen molar-refractivity contribution in [1.29, 1.82) is 0 Å². The van der Waals surface area contributed by atoms with Crippen molar-refractivity contribution in [3.05, 3.63) is 69.4 Å². The van der Waals surface area contributed by atoms with Crippen LogP contribution in [0, 0.1) is 6.92 Å². The first-order chi connectivity index (χ1) is 19.6. The van der Waals surface area contributed by atoms with Gasteiger partial charge in [-0.3, -0.25) is 4.79 Å². The number of halogens is 3. The van der Waals surface area contributed by atoms with E-state index in [1.54, 1.807) is 23.5 Å². The van der Waals surface area contributed by atoms with Gasteiger partial charge in [-0.05, 0) is 87.6 Å². The van der Waals surface area contributed by atoms with E-state index in [-0.39, 0.29) is 11.6 Å². The number of likely N-dealkylation sites (N-methyl/N-ethyl adjacent to an activating group) is 1. The summed E-state index contributed by atoms with van der Waals surface area (Å²) in [6.45, 7) is 3.66. The van der Waals surface area contributed by atoms with E-state index in [1.165, 1.54) is 0 Å². The monoisotopic (exact) mass is 582 g/mol. The van der Waals surface area contributed by atoms with Crippen LogP contribution in [-0.2, 0) is 6.18 Å². The second-order valence-electron chi connectivity index (χ2n) is 11.2. The summed E-state index contributed by atoms with van der Waals surface area (Å²) in [5.41, 5.74) is 2.99. The number of amidine groups is 1. The third-order valence-electron chi connectivity index (χ3n) is 7.96. The molecule has 0 bridgehead atoms. The summed E-state index contributed by atoms with van der Waals surface area (Å²) in [4.78, 5) is 25.3. The normalized spacial score (nSPS) is 18.9. The quantitative estimate of drug-likeness (QED) is 0.369. The first kappa shape index (κ1) is 27.6. The first-order valence-corrected chi connectivity index (χ1v) is 14.7. The zero-order valence-electron chi connectivity index (χ0n) is 23.3. The molecule has 1 saturated carbocycles. The van der Waals surface area contributed by atoms with Gasteiger partial charge in [-0.1, -0.05) is 6.07 Å². The number of carbonyl (C=O) groups is 1. The Hall–Kier alpha value is -3.57. The minimum atomic E-state index is -4.57. The molecule has 3 aliphatic rings. The molecule has 41 heavy (non-hydrogen) atoms. The number of nitrogens with zero attached hydrogens (tertiary/aromatic N) is 4. The molecule has 1 atom stereocenters. The highest BCUT2D eigenvalue weighted by atomic mass is 32.1. The number of hydrogen-bond donors (Lipinski definition) is 2. The topological polar surface area (TPSA) is 63.2 Å². The predicted octanol–water partition coefficient (Wildman–Crippen LogP) is 6.08. The van der Waals surface area contributed by atoms with Crippen LogP contribution in [0.25, 0.3) is 0 Å². The fourth-order valence-corrected chi connectivity index (χ4v) is 6.25. The summed E-state index contributed by atoms with van der Waals surface area (Å²) < 4.78 is 41.6. The molecule has 0 unspecified atom stereocenters. The van der Waals surface area contributed by atoms with Crippen LogP contribution in [0.2, 0.25) is 0 Å². The molecule has 1 aliphatic carbocycles. The van der Waals surface area contributed by atoms with Gasteiger partial charge in [0.25, 0.3) is 5.91 Å². The Bertz CT molecular complexity index is 1500. The fraction of sp³-hybridized carbons (Fsp3) is 0.400. The average Bonchev–Trinajstić information content (AvgIpc) is 3.38. The maximum absolute atomic E-state index is 13.9. The van der Waals surface area contributed by atoms with Crippen LogP contribution in [0.1, 0.15) is 45.6 Å². The number of amides is 1. The maximum Gasteiger partial charge on any atom is 0.416 e. The Morgan fingerprint density at radius 3 is 2.59 bits per heavy atom. The van der Waals surface area contributed by atoms with Crippen molar-refractivity contribution >= 4 is 45.8 Å². The lowest BCUT2D eigenvalue weighted by Crippen LogP contribution is -2.33. The first-order valence-electron chi connectivity index (χ1n) is 13.8. The molecular formula is C30H33F3N6OS. The minimum absolute atomic E-state index is 0.0243. The van der Waals surface area contributed by atoms with E-state index < -0.39 is 17.6 Å². The number of carbonyl (C=O) groups excluding carboxylic acids is 1. The molecule has 2 fully saturated rings. The Balaban J connectivity index is 1.26. The van der Waals surface area contributed by atoms with Crippen LogP contribution >= 0.6 is 11.3 Å². The average molecular weight is 583 g/mol. The van der Waals surface area contributed by atoms with Crippen molar-refractivity contribution in [2.24, 2.45) is 4.99 Å². The lowest BCUT2D eigenvalue weighted by Gasteiger charge is -2.29. The number of hydrogen-bond acceptors (Lipinski definition) is 7. The number of aliphatic imine (C=N–C) groups is 1. The second kappa shape index (κ2) is 10.7. The summed E-state index contributed by atoms with van der Waals surface area (Å²) in [6, 6.07) is 12.0. The van der Waals surface area contributed by atoms with Crippen LogP contribution in [0.3, 0.4) is 0 Å². The third-order valence-corrected chi connectivity index (χ3v) is 8.87. The Labute approximate surface area is 241 Å². The zero-order chi connectivity index (χ0) is 28.9. The second-order valence-corrected chi connectivity index (χ2v) is 12.1. The number of aryl methyl sites for hydroxylation is 1. The van der Waals surface area contributed by atoms with Crippen LogP contribution in [0.4, 0.5) is 35.9 Å². The van der Waals surface area contributed by atoms with Crippen LogP contribution in [0.5, 0.6) is 0 Å². The molecule has 216 valence electrons. The van der Waals surface area contributed by atoms with Gasteiger partial charge in [-0.2, -0.15) is 13.2 Å². The largest absolute Gasteiger partial charge is 0.416 e. The summed E-state index contributed by atoms with van der Waals surface area (Å²) in [7, 11) is 3.93. The van der Waals surface area contributed by atoms with Crippen molar-refractivity contribution in [3.8, 4) is 0 Å². The molecule has 6 rings (SSSR count). The fourth-order valence-electron chi connectivity index (χ4n) is 5.39. The molecule has 7 nitrogen and oxygen atoms in total. The molecule has 0 radical (unpaired) electrons. The summed E-state index contributed by atoms with van der Waals surface area (Å²) in [5, 5.41) is 8.40. The van der Waals surface area contributed by atoms with Gasteiger partial charge < -0.3 is 25.3 Å². The number of anilines is 4. The molecule has 1 amide bonds. The summed E-state index contributed by atoms with van der Waals surface area (Å²) in [5.74, 6) is 0.338. The van der Waals surface area contributed by atoms with Gasteiger partial charge in [0, 0.05) is 47.8 Å². The van der Waals surface area contributed by atoms with Crippen molar-refractivity contribution < 1.29 is 18.0 Å². The van der Waals surface area contributed by atoms with Crippen molar-refractivity contribution in [1.82, 2.24) is 10.2 Å². The van der Waals surface area contributed by atoms with Crippen molar-refractivity contribution in [3.63, 3.8) is 0 Å². The highest BCUT2D eigenvalue weighted by Gasteiger charge is 2.34. The van der Waals surface area contributed by atoms with E-state index in [1.807, 2.05) is 43.4 Å². The Morgan fingerprint density at radius 1 is 1.07 bits per heavy atom. The van der Waals surface area contributed by atoms with Crippen molar-refractivity contribution in [2.75, 3.05) is 49.0 Å². The number of fused-ring (bicyclic) bond motifs is 1. The lowest BCUT2D eigenvalue weighted by atomic mass is 10.1. The van der Waals surface area contributed by atoms with E-state index in [0.717, 1.165) is 59.0 Å². The van der Waals surface area contributed by atoms with E-state index in [2.05, 4.69) is 26.5 Å². The van der Waals surface area contributed by atoms with Gasteiger partial charge in [-0.15, -0.1) is 11.3 Å². The number of nitrogens with one attached hydrogen (secondary N) is 2. The Morgan fingerprint density at radius 2 is 1.88 bits per heavy atom. The Kier molecular flexibility index (Phi) is 7.19. The molecule has 2 aliphatic heterocycles. The number of benzene rings is 2. The maximum atomic E-state index is 13.9. The highest BCUT2D eigenvalue weighted by Crippen LogP contribution is 2.39. The van der Waals surface area contributed by atoms with Gasteiger partial charge in [0.15, 0.2) is 0 Å². The molecule has 1 aromatic heterocycles. The molecule has 3 heterocycles. The van der Waals surface area contributed by atoms with Crippen LogP contribution in [-0.4, -0.2) is 62.6 Å². The van der Waals surface area contributed by atoms with Gasteiger partial charge in [0.2, 0.25) is 0 Å². The van der Waals surface area contributed by atoms with Gasteiger partial charge in [-0.25, -0.2) is 4.99 Å². The molecular weight excluding hydrogens is 549 g/mol. The zero-order valence-corrected chi connectivity index (χ0v) is 24.1. The number of rotatable bonds is 6. The van der Waals surface area contributed by atoms with Crippen molar-refractivity contribution in [2.45, 2.75) is 44.4 Å². The number of alkyl halides is 3. The molecule has 3 aromatic rings. The molecule has 1 saturated heterocycles. The van der Waals surface area contributed by atoms with E-state index in [4.69, 9.17) is 4.99 Å². The molecule has 11 heteroatoms. The SMILES string of the molecule is Cc1ccc(NC(=O)c2cc(N3CC[C@H](N(C)C)C3)cc(C(F)(F)F)c2)cc1N1CN=C(NC2CC2)c2sccc21. The lowest BCUT2D eigenvalue weighted by molar-refractivity contribution is -0.137. The van der Waals surface area contributed by atoms with Crippen LogP contribution in [0.15, 0.2) is 52.8 Å². The van der Waals surface area contributed by atoms with E-state index in [9.17, 15) is 18.0 Å². The van der Waals surface area contributed by atoms with Gasteiger partial charge in [0.1, 0.15) is 12.5 Å². The minimum Gasteiger partial charge on any atom is -0.370 e. The van der Waals surface area contributed by atoms with Gasteiger partial charge >= 0.3 is 6.18 Å². The number of thiophene rings is 1. The summed E-state index contributed by atoms with van der Waals surface area (Å²) >= 11 is 1.63. The third kappa shape index (κ3) is 5.78. The predicted molar refractivity (Wildman–Crippen MR) is 159 cm³/mol. The van der Waals surface area contributed by atoms with Gasteiger partial charge in [0.05, 0.1) is 16.1 Å². The molecule has 0 spiro atoms. The van der Waals surface area contributed by atoms with E-state index >= 15 is 0 Å². The highest BCUT2D eigenvalue weighted by molar-refractivity contribution is 7.12. The summed E-state index contributed by atoms with van der Waals surface area (Å²) in [6.07, 6.45) is -1.40. The van der Waals surface area contributed by atoms with Crippen LogP contribution < -0.4 is 20.4 Å². The molecule has 2 N–H and O–H groups in total.